The number of rotatable bonds is 15. The van der Waals surface area contributed by atoms with Gasteiger partial charge in [-0.25, -0.2) is 0 Å². The maximum Gasteiger partial charge on any atom is 0.119 e. The number of benzene rings is 3. The second-order valence-electron chi connectivity index (χ2n) is 11.4. The summed E-state index contributed by atoms with van der Waals surface area (Å²) < 4.78 is 11.7. The Morgan fingerprint density at radius 3 is 2.23 bits per heavy atom. The average Bonchev–Trinajstić information content (AvgIpc) is 3.03. The number of aliphatic hydroxyl groups excluding tert-OH is 1. The van der Waals surface area contributed by atoms with Crippen LogP contribution in [0, 0.1) is 0 Å². The van der Waals surface area contributed by atoms with Gasteiger partial charge < -0.3 is 29.7 Å². The van der Waals surface area contributed by atoms with Crippen molar-refractivity contribution in [2.24, 2.45) is 0 Å². The minimum Gasteiger partial charge on any atom is -0.492 e. The van der Waals surface area contributed by atoms with Crippen molar-refractivity contribution in [3.05, 3.63) is 66.7 Å². The summed E-state index contributed by atoms with van der Waals surface area (Å²) in [6.45, 7) is 13.0. The van der Waals surface area contributed by atoms with Crippen LogP contribution < -0.4 is 19.7 Å². The Morgan fingerprint density at radius 1 is 0.837 bits per heavy atom. The normalized spacial score (nSPS) is 16.2. The zero-order chi connectivity index (χ0) is 30.0. The van der Waals surface area contributed by atoms with Crippen molar-refractivity contribution in [1.82, 2.24) is 15.1 Å². The number of hydrogen-bond donors (Lipinski definition) is 2. The van der Waals surface area contributed by atoms with Crippen molar-refractivity contribution < 1.29 is 14.6 Å². The maximum absolute atomic E-state index is 10.0. The summed E-state index contributed by atoms with van der Waals surface area (Å²) >= 11 is 3.69. The van der Waals surface area contributed by atoms with E-state index in [-0.39, 0.29) is 6.61 Å². The van der Waals surface area contributed by atoms with E-state index in [9.17, 15) is 5.11 Å². The standard InChI is InChI=1S/C34H46N4O3S2/c1-26(2)35-24-27(39)25-41-29-11-9-28(10-12-29)40-22-21-37-19-17-36(18-20-37)15-6-16-38-31-7-4-5-8-33(31)43-34-14-13-30(42-3)23-32(34)38/h4-5,7-14,23,26-27,35,39H,6,15-22,24-25H2,1-3H3/t27-/m0/s1. The first-order chi connectivity index (χ1) is 21.0. The van der Waals surface area contributed by atoms with Crippen LogP contribution in [0.2, 0.25) is 0 Å². The Hall–Kier alpha value is -2.40. The third-order valence-electron chi connectivity index (χ3n) is 7.86. The molecule has 43 heavy (non-hydrogen) atoms. The predicted octanol–water partition coefficient (Wildman–Crippen LogP) is 5.84. The first kappa shape index (κ1) is 32.0. The Bertz CT molecular complexity index is 1280. The second kappa shape index (κ2) is 16.1. The summed E-state index contributed by atoms with van der Waals surface area (Å²) in [5, 5.41) is 13.2. The molecule has 1 saturated heterocycles. The molecular weight excluding hydrogens is 577 g/mol. The number of thioether (sulfide) groups is 1. The van der Waals surface area contributed by atoms with E-state index in [1.54, 1.807) is 0 Å². The number of nitrogens with zero attached hydrogens (tertiary/aromatic N) is 3. The number of piperazine rings is 1. The van der Waals surface area contributed by atoms with Crippen molar-refractivity contribution >= 4 is 34.9 Å². The number of hydrogen-bond acceptors (Lipinski definition) is 9. The van der Waals surface area contributed by atoms with Gasteiger partial charge in [-0.2, -0.15) is 0 Å². The maximum atomic E-state index is 10.0. The highest BCUT2D eigenvalue weighted by Crippen LogP contribution is 2.48. The molecule has 0 aromatic heterocycles. The van der Waals surface area contributed by atoms with Crippen molar-refractivity contribution in [2.75, 3.05) is 76.7 Å². The van der Waals surface area contributed by atoms with Gasteiger partial charge in [0.15, 0.2) is 0 Å². The highest BCUT2D eigenvalue weighted by molar-refractivity contribution is 8.00. The van der Waals surface area contributed by atoms with E-state index in [4.69, 9.17) is 9.47 Å². The van der Waals surface area contributed by atoms with E-state index >= 15 is 0 Å². The average molecular weight is 623 g/mol. The molecule has 1 atom stereocenters. The summed E-state index contributed by atoms with van der Waals surface area (Å²) in [6.07, 6.45) is 2.76. The monoisotopic (exact) mass is 622 g/mol. The van der Waals surface area contributed by atoms with Gasteiger partial charge in [-0.1, -0.05) is 37.7 Å². The Kier molecular flexibility index (Phi) is 12.0. The van der Waals surface area contributed by atoms with Gasteiger partial charge in [0.25, 0.3) is 0 Å². The van der Waals surface area contributed by atoms with Gasteiger partial charge in [-0.3, -0.25) is 4.90 Å². The van der Waals surface area contributed by atoms with Crippen LogP contribution >= 0.6 is 23.5 Å². The minimum absolute atomic E-state index is 0.268. The number of ether oxygens (including phenoxy) is 2. The fourth-order valence-corrected chi connectivity index (χ4v) is 6.92. The molecule has 0 amide bonds. The van der Waals surface area contributed by atoms with Crippen molar-refractivity contribution in [3.63, 3.8) is 0 Å². The van der Waals surface area contributed by atoms with Crippen molar-refractivity contribution in [2.45, 2.75) is 47.1 Å². The van der Waals surface area contributed by atoms with Gasteiger partial charge in [0.1, 0.15) is 30.8 Å². The van der Waals surface area contributed by atoms with Crippen LogP contribution in [0.5, 0.6) is 11.5 Å². The molecule has 0 aliphatic carbocycles. The van der Waals surface area contributed by atoms with E-state index in [0.29, 0.717) is 19.2 Å². The van der Waals surface area contributed by atoms with Gasteiger partial charge in [-0.15, -0.1) is 11.8 Å². The van der Waals surface area contributed by atoms with Crippen LogP contribution in [0.25, 0.3) is 0 Å². The van der Waals surface area contributed by atoms with Gasteiger partial charge in [0, 0.05) is 66.5 Å². The first-order valence-electron chi connectivity index (χ1n) is 15.4. The molecule has 5 rings (SSSR count). The molecule has 2 aliphatic heterocycles. The number of fused-ring (bicyclic) bond motifs is 2. The van der Waals surface area contributed by atoms with Crippen molar-refractivity contribution in [1.29, 1.82) is 0 Å². The SMILES string of the molecule is CSc1ccc2c(c1)N(CCCN1CCN(CCOc3ccc(OC[C@@H](O)CNC(C)C)cc3)CC1)c1ccccc1S2. The van der Waals surface area contributed by atoms with Gasteiger partial charge in [-0.05, 0) is 73.8 Å². The smallest absolute Gasteiger partial charge is 0.119 e. The van der Waals surface area contributed by atoms with E-state index in [1.807, 2.05) is 47.8 Å². The zero-order valence-electron chi connectivity index (χ0n) is 25.7. The van der Waals surface area contributed by atoms with E-state index in [1.165, 1.54) is 26.1 Å². The van der Waals surface area contributed by atoms with Gasteiger partial charge >= 0.3 is 0 Å². The number of aliphatic hydroxyl groups is 1. The zero-order valence-corrected chi connectivity index (χ0v) is 27.3. The highest BCUT2D eigenvalue weighted by Gasteiger charge is 2.24. The molecule has 0 saturated carbocycles. The molecule has 7 nitrogen and oxygen atoms in total. The first-order valence-corrected chi connectivity index (χ1v) is 17.5. The number of para-hydroxylation sites is 1. The number of nitrogens with one attached hydrogen (secondary N) is 1. The largest absolute Gasteiger partial charge is 0.492 e. The fraction of sp³-hybridized carbons (Fsp3) is 0.471. The van der Waals surface area contributed by atoms with Crippen LogP contribution in [-0.2, 0) is 0 Å². The fourth-order valence-electron chi connectivity index (χ4n) is 5.41. The molecule has 0 unspecified atom stereocenters. The van der Waals surface area contributed by atoms with Crippen LogP contribution in [-0.4, -0.2) is 98.9 Å². The summed E-state index contributed by atoms with van der Waals surface area (Å²) in [5.41, 5.74) is 2.68. The summed E-state index contributed by atoms with van der Waals surface area (Å²) in [5.74, 6) is 1.58. The molecule has 3 aromatic rings. The van der Waals surface area contributed by atoms with Gasteiger partial charge in [0.2, 0.25) is 0 Å². The molecule has 1 fully saturated rings. The summed E-state index contributed by atoms with van der Waals surface area (Å²) in [4.78, 5) is 11.6. The molecule has 2 N–H and O–H groups in total. The Balaban J connectivity index is 1.00. The van der Waals surface area contributed by atoms with Crippen molar-refractivity contribution in [3.8, 4) is 11.5 Å². The molecular formula is C34H46N4O3S2. The van der Waals surface area contributed by atoms with E-state index in [2.05, 4.69) is 82.6 Å². The summed E-state index contributed by atoms with van der Waals surface area (Å²) in [7, 11) is 0. The quantitative estimate of drug-likeness (QED) is 0.204. The third kappa shape index (κ3) is 9.30. The summed E-state index contributed by atoms with van der Waals surface area (Å²) in [6, 6.07) is 23.7. The molecule has 9 heteroatoms. The molecule has 232 valence electrons. The van der Waals surface area contributed by atoms with E-state index in [0.717, 1.165) is 63.7 Å². The molecule has 2 heterocycles. The Labute approximate surface area is 265 Å². The molecule has 3 aromatic carbocycles. The lowest BCUT2D eigenvalue weighted by atomic mass is 10.2. The molecule has 0 bridgehead atoms. The lowest BCUT2D eigenvalue weighted by Crippen LogP contribution is -2.47. The second-order valence-corrected chi connectivity index (χ2v) is 13.4. The lowest BCUT2D eigenvalue weighted by molar-refractivity contribution is 0.104. The molecule has 0 radical (unpaired) electrons. The van der Waals surface area contributed by atoms with Crippen LogP contribution in [0.15, 0.2) is 81.4 Å². The van der Waals surface area contributed by atoms with Gasteiger partial charge in [0.05, 0.1) is 11.4 Å². The predicted molar refractivity (Wildman–Crippen MR) is 180 cm³/mol. The highest BCUT2D eigenvalue weighted by atomic mass is 32.2. The number of anilines is 2. The third-order valence-corrected chi connectivity index (χ3v) is 9.71. The molecule has 0 spiro atoms. The lowest BCUT2D eigenvalue weighted by Gasteiger charge is -2.36. The van der Waals surface area contributed by atoms with Crippen LogP contribution in [0.3, 0.4) is 0 Å². The van der Waals surface area contributed by atoms with E-state index < -0.39 is 6.10 Å². The topological polar surface area (TPSA) is 60.4 Å². The van der Waals surface area contributed by atoms with Crippen LogP contribution in [0.1, 0.15) is 20.3 Å². The minimum atomic E-state index is -0.531. The van der Waals surface area contributed by atoms with Crippen LogP contribution in [0.4, 0.5) is 11.4 Å². The Morgan fingerprint density at radius 2 is 1.51 bits per heavy atom. The molecule has 2 aliphatic rings.